The maximum atomic E-state index is 13.3. The van der Waals surface area contributed by atoms with Crippen LogP contribution >= 0.6 is 0 Å². The van der Waals surface area contributed by atoms with Gasteiger partial charge in [0.15, 0.2) is 6.29 Å². The topological polar surface area (TPSA) is 21.7 Å². The maximum absolute atomic E-state index is 13.3. The van der Waals surface area contributed by atoms with E-state index in [1.165, 1.54) is 31.2 Å². The zero-order valence-electron chi connectivity index (χ0n) is 16.6. The maximum Gasteiger partial charge on any atom is 0.416 e. The summed E-state index contributed by atoms with van der Waals surface area (Å²) in [5.41, 5.74) is -2.47. The highest BCUT2D eigenvalue weighted by atomic mass is 19.4. The average molecular weight is 451 g/mol. The Labute approximate surface area is 174 Å². The second-order valence-electron chi connectivity index (χ2n) is 7.33. The second kappa shape index (κ2) is 8.76. The van der Waals surface area contributed by atoms with E-state index in [0.29, 0.717) is 24.2 Å². The highest BCUT2D eigenvalue weighted by molar-refractivity contribution is 5.34. The van der Waals surface area contributed by atoms with Gasteiger partial charge in [0.1, 0.15) is 5.82 Å². The van der Waals surface area contributed by atoms with Crippen LogP contribution in [0.25, 0.3) is 0 Å². The third-order valence-electron chi connectivity index (χ3n) is 5.09. The lowest BCUT2D eigenvalue weighted by molar-refractivity contribution is -0.226. The Kier molecular flexibility index (Phi) is 6.64. The minimum absolute atomic E-state index is 0.0719. The van der Waals surface area contributed by atoms with Crippen LogP contribution in [0.2, 0.25) is 0 Å². The average Bonchev–Trinajstić information content (AvgIpc) is 2.67. The van der Waals surface area contributed by atoms with Crippen LogP contribution in [0.3, 0.4) is 0 Å². The van der Waals surface area contributed by atoms with Gasteiger partial charge >= 0.3 is 12.4 Å². The van der Waals surface area contributed by atoms with E-state index < -0.39 is 47.7 Å². The molecular formula is C21H20F7NO2. The number of nitrogens with zero attached hydrogens (tertiary/aromatic N) is 1. The van der Waals surface area contributed by atoms with Gasteiger partial charge in [-0.3, -0.25) is 4.90 Å². The zero-order chi connectivity index (χ0) is 23.0. The van der Waals surface area contributed by atoms with Gasteiger partial charge in [0.05, 0.1) is 29.9 Å². The molecule has 10 heteroatoms. The highest BCUT2D eigenvalue weighted by Crippen LogP contribution is 2.39. The van der Waals surface area contributed by atoms with Gasteiger partial charge in [-0.05, 0) is 55.4 Å². The molecule has 2 aromatic carbocycles. The Morgan fingerprint density at radius 2 is 1.52 bits per heavy atom. The molecule has 3 nitrogen and oxygen atoms in total. The molecule has 170 valence electrons. The third kappa shape index (κ3) is 5.55. The molecule has 0 radical (unpaired) electrons. The predicted molar refractivity (Wildman–Crippen MR) is 97.5 cm³/mol. The Hall–Kier alpha value is -2.17. The van der Waals surface area contributed by atoms with Crippen LogP contribution < -0.4 is 0 Å². The quantitative estimate of drug-likeness (QED) is 0.535. The van der Waals surface area contributed by atoms with Crippen molar-refractivity contribution >= 4 is 0 Å². The molecule has 0 unspecified atom stereocenters. The molecule has 0 aliphatic carbocycles. The molecule has 0 saturated carbocycles. The van der Waals surface area contributed by atoms with Crippen LogP contribution in [-0.4, -0.2) is 31.4 Å². The first-order valence-electron chi connectivity index (χ1n) is 9.38. The van der Waals surface area contributed by atoms with Crippen molar-refractivity contribution in [2.75, 3.05) is 20.2 Å². The number of morpholine rings is 1. The number of hydrogen-bond acceptors (Lipinski definition) is 3. The van der Waals surface area contributed by atoms with E-state index in [0.717, 1.165) is 0 Å². The minimum Gasteiger partial charge on any atom is -0.349 e. The summed E-state index contributed by atoms with van der Waals surface area (Å²) in [5, 5.41) is 0. The molecule has 0 amide bonds. The van der Waals surface area contributed by atoms with Crippen molar-refractivity contribution in [3.8, 4) is 0 Å². The molecule has 31 heavy (non-hydrogen) atoms. The Bertz CT molecular complexity index is 864. The van der Waals surface area contributed by atoms with Gasteiger partial charge in [0.25, 0.3) is 0 Å². The van der Waals surface area contributed by atoms with Gasteiger partial charge in [-0.2, -0.15) is 26.3 Å². The Balaban J connectivity index is 1.91. The van der Waals surface area contributed by atoms with Gasteiger partial charge in [0, 0.05) is 6.54 Å². The number of alkyl halides is 6. The van der Waals surface area contributed by atoms with Crippen LogP contribution in [0.1, 0.15) is 41.3 Å². The number of likely N-dealkylation sites (N-methyl/N-ethyl adjacent to an activating group) is 1. The molecule has 1 aliphatic rings. The molecule has 0 N–H and O–H groups in total. The van der Waals surface area contributed by atoms with Gasteiger partial charge in [0.2, 0.25) is 0 Å². The first kappa shape index (κ1) is 23.5. The van der Waals surface area contributed by atoms with E-state index >= 15 is 0 Å². The monoisotopic (exact) mass is 451 g/mol. The fraction of sp³-hybridized carbons (Fsp3) is 0.429. The lowest BCUT2D eigenvalue weighted by Gasteiger charge is -2.40. The van der Waals surface area contributed by atoms with Crippen molar-refractivity contribution < 1.29 is 40.2 Å². The highest BCUT2D eigenvalue weighted by Gasteiger charge is 2.38. The van der Waals surface area contributed by atoms with Crippen molar-refractivity contribution in [1.82, 2.24) is 4.90 Å². The van der Waals surface area contributed by atoms with Gasteiger partial charge in [-0.25, -0.2) is 4.39 Å². The molecule has 1 aliphatic heterocycles. The number of halogens is 7. The lowest BCUT2D eigenvalue weighted by atomic mass is 10.0. The summed E-state index contributed by atoms with van der Waals surface area (Å²) in [6.45, 7) is 2.12. The van der Waals surface area contributed by atoms with E-state index in [4.69, 9.17) is 9.47 Å². The third-order valence-corrected chi connectivity index (χ3v) is 5.09. The first-order chi connectivity index (χ1) is 14.4. The Morgan fingerprint density at radius 1 is 0.968 bits per heavy atom. The summed E-state index contributed by atoms with van der Waals surface area (Å²) in [7, 11) is 1.77. The summed E-state index contributed by atoms with van der Waals surface area (Å²) >= 11 is 0. The fourth-order valence-corrected chi connectivity index (χ4v) is 3.43. The SMILES string of the molecule is C[C@@H](O[C@H]1OCCN(C)[C@@H]1c1ccc(F)cc1)c1cc(C(F)(F)F)cc(C(F)(F)F)c1. The predicted octanol–water partition coefficient (Wildman–Crippen LogP) is 5.97. The molecule has 1 saturated heterocycles. The smallest absolute Gasteiger partial charge is 0.349 e. The van der Waals surface area contributed by atoms with E-state index in [2.05, 4.69) is 0 Å². The normalized spacial score (nSPS) is 21.8. The largest absolute Gasteiger partial charge is 0.416 e. The molecule has 2 aromatic rings. The standard InChI is InChI=1S/C21H20F7NO2/c1-12(14-9-15(20(23,24)25)11-16(10-14)21(26,27)28)31-19-18(29(2)7-8-30-19)13-3-5-17(22)6-4-13/h3-6,9-12,18-19H,7-8H2,1-2H3/t12-,18-,19-/m1/s1. The van der Waals surface area contributed by atoms with Crippen LogP contribution in [0.5, 0.6) is 0 Å². The van der Waals surface area contributed by atoms with Gasteiger partial charge in [-0.1, -0.05) is 12.1 Å². The van der Waals surface area contributed by atoms with Crippen molar-refractivity contribution in [2.24, 2.45) is 0 Å². The van der Waals surface area contributed by atoms with Crippen LogP contribution in [0.15, 0.2) is 42.5 Å². The van der Waals surface area contributed by atoms with Crippen molar-refractivity contribution in [2.45, 2.75) is 37.7 Å². The summed E-state index contributed by atoms with van der Waals surface area (Å²) in [5.74, 6) is -0.447. The zero-order valence-corrected chi connectivity index (χ0v) is 16.6. The molecule has 1 heterocycles. The molecule has 1 fully saturated rings. The molecule has 0 bridgehead atoms. The summed E-state index contributed by atoms with van der Waals surface area (Å²) in [4.78, 5) is 1.86. The van der Waals surface area contributed by atoms with Crippen LogP contribution in [0.4, 0.5) is 30.7 Å². The Morgan fingerprint density at radius 3 is 2.03 bits per heavy atom. The van der Waals surface area contributed by atoms with Gasteiger partial charge < -0.3 is 9.47 Å². The molecule has 3 atom stereocenters. The number of hydrogen-bond donors (Lipinski definition) is 0. The number of ether oxygens (including phenoxy) is 2. The first-order valence-corrected chi connectivity index (χ1v) is 9.38. The van der Waals surface area contributed by atoms with E-state index in [9.17, 15) is 30.7 Å². The van der Waals surface area contributed by atoms with E-state index in [-0.39, 0.29) is 18.2 Å². The molecule has 0 spiro atoms. The van der Waals surface area contributed by atoms with Crippen molar-refractivity contribution in [3.05, 3.63) is 70.5 Å². The number of benzene rings is 2. The summed E-state index contributed by atoms with van der Waals surface area (Å²) < 4.78 is 104. The van der Waals surface area contributed by atoms with Gasteiger partial charge in [-0.15, -0.1) is 0 Å². The summed E-state index contributed by atoms with van der Waals surface area (Å²) in [6.07, 6.45) is -12.0. The lowest BCUT2D eigenvalue weighted by Crippen LogP contribution is -2.44. The molecule has 0 aromatic heterocycles. The van der Waals surface area contributed by atoms with Crippen LogP contribution in [-0.2, 0) is 21.8 Å². The second-order valence-corrected chi connectivity index (χ2v) is 7.33. The van der Waals surface area contributed by atoms with Crippen LogP contribution in [0, 0.1) is 5.82 Å². The molecular weight excluding hydrogens is 431 g/mol. The minimum atomic E-state index is -4.95. The van der Waals surface area contributed by atoms with E-state index in [1.54, 1.807) is 7.05 Å². The molecule has 3 rings (SSSR count). The van der Waals surface area contributed by atoms with E-state index in [1.807, 2.05) is 4.90 Å². The van der Waals surface area contributed by atoms with Crippen molar-refractivity contribution in [1.29, 1.82) is 0 Å². The fourth-order valence-electron chi connectivity index (χ4n) is 3.43. The number of rotatable bonds is 4. The summed E-state index contributed by atoms with van der Waals surface area (Å²) in [6, 6.07) is 6.38. The van der Waals surface area contributed by atoms with Crippen molar-refractivity contribution in [3.63, 3.8) is 0 Å².